The first kappa shape index (κ1) is 15.6. The summed E-state index contributed by atoms with van der Waals surface area (Å²) < 4.78 is 12.1. The third-order valence-electron chi connectivity index (χ3n) is 4.31. The van der Waals surface area contributed by atoms with Crippen LogP contribution in [0.1, 0.15) is 37.2 Å². The van der Waals surface area contributed by atoms with E-state index >= 15 is 0 Å². The molecule has 6 heteroatoms. The van der Waals surface area contributed by atoms with E-state index in [9.17, 15) is 9.59 Å². The summed E-state index contributed by atoms with van der Waals surface area (Å²) in [6.07, 6.45) is 3.75. The maximum absolute atomic E-state index is 12.6. The molecule has 1 aliphatic rings. The van der Waals surface area contributed by atoms with E-state index in [0.717, 1.165) is 31.4 Å². The normalized spacial score (nSPS) is 18.3. The number of carbonyl (C=O) groups is 2. The fourth-order valence-electron chi connectivity index (χ4n) is 3.17. The van der Waals surface area contributed by atoms with Crippen LogP contribution in [-0.2, 0) is 16.1 Å². The van der Waals surface area contributed by atoms with Crippen LogP contribution in [0.25, 0.3) is 11.1 Å². The number of amides is 1. The highest BCUT2D eigenvalue weighted by atomic mass is 16.5. The Morgan fingerprint density at radius 3 is 3.00 bits per heavy atom. The van der Waals surface area contributed by atoms with Gasteiger partial charge in [-0.3, -0.25) is 4.79 Å². The van der Waals surface area contributed by atoms with Gasteiger partial charge >= 0.3 is 5.97 Å². The van der Waals surface area contributed by atoms with Gasteiger partial charge in [-0.25, -0.2) is 4.79 Å². The van der Waals surface area contributed by atoms with Crippen LogP contribution in [0.15, 0.2) is 22.8 Å². The van der Waals surface area contributed by atoms with Crippen LogP contribution in [0.4, 0.5) is 0 Å². The minimum absolute atomic E-state index is 0.0285. The Labute approximate surface area is 135 Å². The number of carbonyl (C=O) groups excluding carboxylic acids is 2. The molecule has 2 aromatic rings. The fraction of sp³-hybridized carbons (Fsp3) is 0.529. The van der Waals surface area contributed by atoms with E-state index in [1.165, 1.54) is 0 Å². The molecule has 6 nitrogen and oxygen atoms in total. The van der Waals surface area contributed by atoms with Crippen LogP contribution in [0.3, 0.4) is 0 Å². The summed E-state index contributed by atoms with van der Waals surface area (Å²) in [5.74, 6) is 0.121. The van der Waals surface area contributed by atoms with Crippen molar-refractivity contribution < 1.29 is 18.7 Å². The highest BCUT2D eigenvalue weighted by Gasteiger charge is 2.25. The average molecular weight is 318 g/mol. The Bertz CT molecular complexity index is 715. The van der Waals surface area contributed by atoms with Crippen molar-refractivity contribution in [1.29, 1.82) is 0 Å². The van der Waals surface area contributed by atoms with E-state index in [0.29, 0.717) is 23.8 Å². The predicted octanol–water partition coefficient (Wildman–Crippen LogP) is 2.67. The lowest BCUT2D eigenvalue weighted by Gasteiger charge is -2.31. The number of piperidine rings is 1. The SMILES string of the molecule is CCOC(=O)c1cc2occc2n1CC(=O)N1CCC[C@@H](C)C1. The van der Waals surface area contributed by atoms with Gasteiger partial charge in [-0.15, -0.1) is 0 Å². The molecular weight excluding hydrogens is 296 g/mol. The van der Waals surface area contributed by atoms with Crippen LogP contribution >= 0.6 is 0 Å². The number of esters is 1. The summed E-state index contributed by atoms with van der Waals surface area (Å²) >= 11 is 0. The molecule has 124 valence electrons. The molecule has 0 N–H and O–H groups in total. The number of likely N-dealkylation sites (tertiary alicyclic amines) is 1. The molecule has 23 heavy (non-hydrogen) atoms. The molecule has 1 aliphatic heterocycles. The Hall–Kier alpha value is -2.24. The van der Waals surface area contributed by atoms with Crippen molar-refractivity contribution >= 4 is 23.0 Å². The number of hydrogen-bond donors (Lipinski definition) is 0. The van der Waals surface area contributed by atoms with Gasteiger partial charge < -0.3 is 18.6 Å². The van der Waals surface area contributed by atoms with Gasteiger partial charge in [0.15, 0.2) is 5.58 Å². The summed E-state index contributed by atoms with van der Waals surface area (Å²) in [5.41, 5.74) is 1.69. The van der Waals surface area contributed by atoms with Crippen molar-refractivity contribution in [2.45, 2.75) is 33.2 Å². The van der Waals surface area contributed by atoms with Gasteiger partial charge in [-0.1, -0.05) is 6.92 Å². The molecular formula is C17H22N2O4. The number of rotatable bonds is 4. The standard InChI is InChI=1S/C17H22N2O4/c1-3-22-17(21)14-9-15-13(6-8-23-15)19(14)11-16(20)18-7-4-5-12(2)10-18/h6,8-9,12H,3-5,7,10-11H2,1-2H3/t12-/m1/s1. The van der Waals surface area contributed by atoms with Gasteiger partial charge in [0, 0.05) is 25.2 Å². The molecule has 1 saturated heterocycles. The van der Waals surface area contributed by atoms with Crippen LogP contribution in [0.5, 0.6) is 0 Å². The molecule has 0 saturated carbocycles. The number of hydrogen-bond acceptors (Lipinski definition) is 4. The van der Waals surface area contributed by atoms with Gasteiger partial charge in [-0.2, -0.15) is 0 Å². The summed E-state index contributed by atoms with van der Waals surface area (Å²) in [6, 6.07) is 3.41. The fourth-order valence-corrected chi connectivity index (χ4v) is 3.17. The second kappa shape index (κ2) is 6.48. The molecule has 0 aromatic carbocycles. The zero-order chi connectivity index (χ0) is 16.4. The summed E-state index contributed by atoms with van der Waals surface area (Å²) in [4.78, 5) is 26.6. The van der Waals surface area contributed by atoms with Crippen molar-refractivity contribution in [2.75, 3.05) is 19.7 Å². The highest BCUT2D eigenvalue weighted by molar-refractivity contribution is 5.95. The number of aromatic nitrogens is 1. The lowest BCUT2D eigenvalue weighted by atomic mass is 10.0. The first-order chi connectivity index (χ1) is 11.1. The van der Waals surface area contributed by atoms with E-state index < -0.39 is 5.97 Å². The van der Waals surface area contributed by atoms with Crippen LogP contribution in [0.2, 0.25) is 0 Å². The molecule has 3 rings (SSSR count). The topological polar surface area (TPSA) is 64.7 Å². The highest BCUT2D eigenvalue weighted by Crippen LogP contribution is 2.23. The second-order valence-corrected chi connectivity index (χ2v) is 6.09. The molecule has 0 aliphatic carbocycles. The molecule has 1 fully saturated rings. The molecule has 0 unspecified atom stereocenters. The van der Waals surface area contributed by atoms with E-state index in [4.69, 9.17) is 9.15 Å². The summed E-state index contributed by atoms with van der Waals surface area (Å²) in [7, 11) is 0. The van der Waals surface area contributed by atoms with E-state index in [1.807, 2.05) is 4.90 Å². The Morgan fingerprint density at radius 1 is 1.43 bits per heavy atom. The lowest BCUT2D eigenvalue weighted by Crippen LogP contribution is -2.41. The lowest BCUT2D eigenvalue weighted by molar-refractivity contribution is -0.133. The zero-order valence-corrected chi connectivity index (χ0v) is 13.6. The molecule has 1 atom stereocenters. The quantitative estimate of drug-likeness (QED) is 0.813. The van der Waals surface area contributed by atoms with Crippen LogP contribution in [0, 0.1) is 5.92 Å². The van der Waals surface area contributed by atoms with Gasteiger partial charge in [-0.05, 0) is 25.7 Å². The maximum atomic E-state index is 12.6. The van der Waals surface area contributed by atoms with Gasteiger partial charge in [0.1, 0.15) is 12.2 Å². The number of furan rings is 1. The molecule has 0 bridgehead atoms. The Kier molecular flexibility index (Phi) is 4.41. The summed E-state index contributed by atoms with van der Waals surface area (Å²) in [6.45, 7) is 5.91. The van der Waals surface area contributed by atoms with Crippen LogP contribution < -0.4 is 0 Å². The van der Waals surface area contributed by atoms with Crippen molar-refractivity contribution in [3.63, 3.8) is 0 Å². The van der Waals surface area contributed by atoms with E-state index in [-0.39, 0.29) is 12.5 Å². The van der Waals surface area contributed by atoms with E-state index in [1.54, 1.807) is 29.9 Å². The van der Waals surface area contributed by atoms with Crippen molar-refractivity contribution in [1.82, 2.24) is 9.47 Å². The van der Waals surface area contributed by atoms with Gasteiger partial charge in [0.05, 0.1) is 18.4 Å². The third-order valence-corrected chi connectivity index (χ3v) is 4.31. The molecule has 3 heterocycles. The maximum Gasteiger partial charge on any atom is 0.355 e. The first-order valence-corrected chi connectivity index (χ1v) is 8.11. The van der Waals surface area contributed by atoms with Gasteiger partial charge in [0.25, 0.3) is 0 Å². The molecule has 2 aromatic heterocycles. The molecule has 1 amide bonds. The van der Waals surface area contributed by atoms with Crippen molar-refractivity contribution in [2.24, 2.45) is 5.92 Å². The predicted molar refractivity (Wildman–Crippen MR) is 85.1 cm³/mol. The Balaban J connectivity index is 1.85. The summed E-state index contributed by atoms with van der Waals surface area (Å²) in [5, 5.41) is 0. The second-order valence-electron chi connectivity index (χ2n) is 6.09. The number of fused-ring (bicyclic) bond motifs is 1. The van der Waals surface area contributed by atoms with Crippen molar-refractivity contribution in [3.8, 4) is 0 Å². The molecule has 0 radical (unpaired) electrons. The monoisotopic (exact) mass is 318 g/mol. The number of nitrogens with zero attached hydrogens (tertiary/aromatic N) is 2. The van der Waals surface area contributed by atoms with E-state index in [2.05, 4.69) is 6.92 Å². The zero-order valence-electron chi connectivity index (χ0n) is 13.6. The van der Waals surface area contributed by atoms with Crippen LogP contribution in [-0.4, -0.2) is 41.0 Å². The average Bonchev–Trinajstić information content (AvgIpc) is 3.10. The van der Waals surface area contributed by atoms with Gasteiger partial charge in [0.2, 0.25) is 5.91 Å². The van der Waals surface area contributed by atoms with Crippen molar-refractivity contribution in [3.05, 3.63) is 24.1 Å². The minimum atomic E-state index is -0.432. The largest absolute Gasteiger partial charge is 0.463 e. The Morgan fingerprint density at radius 2 is 2.26 bits per heavy atom. The minimum Gasteiger partial charge on any atom is -0.463 e. The smallest absolute Gasteiger partial charge is 0.355 e. The third kappa shape index (κ3) is 3.11. The number of ether oxygens (including phenoxy) is 1. The first-order valence-electron chi connectivity index (χ1n) is 8.11. The molecule has 0 spiro atoms.